The van der Waals surface area contributed by atoms with Gasteiger partial charge in [-0.3, -0.25) is 15.0 Å². The minimum absolute atomic E-state index is 0.0178. The molecule has 0 radical (unpaired) electrons. The molecule has 3 unspecified atom stereocenters. The molecule has 0 aromatic carbocycles. The van der Waals surface area contributed by atoms with Crippen LogP contribution in [0.2, 0.25) is 0 Å². The zero-order valence-electron chi connectivity index (χ0n) is 15.1. The van der Waals surface area contributed by atoms with Gasteiger partial charge in [0.2, 0.25) is 0 Å². The summed E-state index contributed by atoms with van der Waals surface area (Å²) in [5, 5.41) is 11.4. The largest absolute Gasteiger partial charge is 0.447 e. The smallest absolute Gasteiger partial charge is 0.187 e. The predicted octanol–water partition coefficient (Wildman–Crippen LogP) is 3.24. The second-order valence-electron chi connectivity index (χ2n) is 7.19. The van der Waals surface area contributed by atoms with E-state index < -0.39 is 0 Å². The summed E-state index contributed by atoms with van der Waals surface area (Å²) in [6.45, 7) is 7.55. The van der Waals surface area contributed by atoms with E-state index in [2.05, 4.69) is 5.32 Å². The van der Waals surface area contributed by atoms with E-state index in [0.29, 0.717) is 32.2 Å². The molecule has 2 N–H and O–H groups in total. The summed E-state index contributed by atoms with van der Waals surface area (Å²) >= 11 is 0. The molecule has 1 saturated carbocycles. The monoisotopic (exact) mass is 334 g/mol. The molecule has 1 fully saturated rings. The Bertz CT molecular complexity index is 539. The van der Waals surface area contributed by atoms with Gasteiger partial charge in [0.15, 0.2) is 5.90 Å². The lowest BCUT2D eigenvalue weighted by atomic mass is 9.76. The SMILES string of the molecule is CCC1CC(=O)C(C)C(CC(=N)OC2=C(C)CCNC2)CCC1=O. The molecule has 3 atom stereocenters. The molecule has 2 rings (SSSR count). The number of hydrogen-bond acceptors (Lipinski definition) is 5. The molecule has 0 spiro atoms. The maximum Gasteiger partial charge on any atom is 0.187 e. The zero-order chi connectivity index (χ0) is 17.7. The second kappa shape index (κ2) is 8.56. The molecule has 0 saturated heterocycles. The quantitative estimate of drug-likeness (QED) is 0.611. The first-order valence-corrected chi connectivity index (χ1v) is 9.12. The molecule has 5 nitrogen and oxygen atoms in total. The molecule has 5 heteroatoms. The summed E-state index contributed by atoms with van der Waals surface area (Å²) in [5.41, 5.74) is 1.18. The molecular formula is C19H30N2O3. The van der Waals surface area contributed by atoms with Crippen molar-refractivity contribution in [3.8, 4) is 0 Å². The van der Waals surface area contributed by atoms with E-state index in [1.807, 2.05) is 20.8 Å². The van der Waals surface area contributed by atoms with Gasteiger partial charge < -0.3 is 10.1 Å². The molecule has 1 aliphatic heterocycles. The van der Waals surface area contributed by atoms with E-state index in [-0.39, 0.29) is 35.2 Å². The number of ketones is 2. The van der Waals surface area contributed by atoms with Gasteiger partial charge in [0.05, 0.1) is 6.54 Å². The Balaban J connectivity index is 1.98. The maximum absolute atomic E-state index is 12.4. The van der Waals surface area contributed by atoms with Crippen LogP contribution in [0.25, 0.3) is 0 Å². The van der Waals surface area contributed by atoms with Gasteiger partial charge in [-0.2, -0.15) is 0 Å². The number of Topliss-reactive ketones (excluding diaryl/α,β-unsaturated/α-hetero) is 2. The van der Waals surface area contributed by atoms with Gasteiger partial charge in [-0.05, 0) is 44.2 Å². The van der Waals surface area contributed by atoms with Gasteiger partial charge in [-0.25, -0.2) is 0 Å². The summed E-state index contributed by atoms with van der Waals surface area (Å²) in [6.07, 6.45) is 3.64. The van der Waals surface area contributed by atoms with Crippen LogP contribution in [0.1, 0.15) is 59.3 Å². The van der Waals surface area contributed by atoms with E-state index in [1.54, 1.807) is 0 Å². The number of carbonyl (C=O) groups is 2. The fraction of sp³-hybridized carbons (Fsp3) is 0.737. The number of ether oxygens (including phenoxy) is 1. The molecule has 0 aromatic heterocycles. The summed E-state index contributed by atoms with van der Waals surface area (Å²) in [6, 6.07) is 0. The topological polar surface area (TPSA) is 79.2 Å². The molecule has 134 valence electrons. The van der Waals surface area contributed by atoms with Gasteiger partial charge >= 0.3 is 0 Å². The molecule has 1 heterocycles. The predicted molar refractivity (Wildman–Crippen MR) is 93.9 cm³/mol. The van der Waals surface area contributed by atoms with Crippen molar-refractivity contribution in [2.45, 2.75) is 59.3 Å². The van der Waals surface area contributed by atoms with E-state index in [9.17, 15) is 9.59 Å². The number of rotatable bonds is 4. The molecule has 0 amide bonds. The Kier molecular flexibility index (Phi) is 6.72. The Hall–Kier alpha value is -1.49. The average Bonchev–Trinajstić information content (AvgIpc) is 2.56. The van der Waals surface area contributed by atoms with Crippen molar-refractivity contribution >= 4 is 17.5 Å². The lowest BCUT2D eigenvalue weighted by Crippen LogP contribution is -2.32. The zero-order valence-corrected chi connectivity index (χ0v) is 15.1. The highest BCUT2D eigenvalue weighted by atomic mass is 16.5. The van der Waals surface area contributed by atoms with Crippen molar-refractivity contribution in [2.75, 3.05) is 13.1 Å². The Labute approximate surface area is 144 Å². The van der Waals surface area contributed by atoms with Crippen LogP contribution in [-0.2, 0) is 14.3 Å². The lowest BCUT2D eigenvalue weighted by molar-refractivity contribution is -0.132. The van der Waals surface area contributed by atoms with Crippen molar-refractivity contribution < 1.29 is 14.3 Å². The van der Waals surface area contributed by atoms with Crippen LogP contribution in [0, 0.1) is 23.2 Å². The highest BCUT2D eigenvalue weighted by Gasteiger charge is 2.32. The highest BCUT2D eigenvalue weighted by Crippen LogP contribution is 2.30. The third kappa shape index (κ3) is 4.76. The molecular weight excluding hydrogens is 304 g/mol. The molecule has 1 aliphatic carbocycles. The third-order valence-corrected chi connectivity index (χ3v) is 5.50. The van der Waals surface area contributed by atoms with Crippen LogP contribution in [0.3, 0.4) is 0 Å². The van der Waals surface area contributed by atoms with Crippen LogP contribution >= 0.6 is 0 Å². The lowest BCUT2D eigenvalue weighted by Gasteiger charge is -2.28. The Morgan fingerprint density at radius 1 is 1.29 bits per heavy atom. The molecule has 0 bridgehead atoms. The van der Waals surface area contributed by atoms with Crippen molar-refractivity contribution in [2.24, 2.45) is 17.8 Å². The van der Waals surface area contributed by atoms with Crippen LogP contribution in [0.15, 0.2) is 11.3 Å². The fourth-order valence-corrected chi connectivity index (χ4v) is 3.56. The Morgan fingerprint density at radius 2 is 2.04 bits per heavy atom. The summed E-state index contributed by atoms with van der Waals surface area (Å²) < 4.78 is 5.74. The first kappa shape index (κ1) is 18.8. The van der Waals surface area contributed by atoms with Gasteiger partial charge in [-0.1, -0.05) is 13.8 Å². The summed E-state index contributed by atoms with van der Waals surface area (Å²) in [5.74, 6) is 1.18. The summed E-state index contributed by atoms with van der Waals surface area (Å²) in [7, 11) is 0. The summed E-state index contributed by atoms with van der Waals surface area (Å²) in [4.78, 5) is 24.6. The fourth-order valence-electron chi connectivity index (χ4n) is 3.56. The standard InChI is InChI=1S/C19H30N2O3/c1-4-14-9-17(23)13(3)15(5-6-16(14)22)10-19(20)24-18-11-21-8-7-12(18)2/h13-15,20-21H,4-11H2,1-3H3. The first-order valence-electron chi connectivity index (χ1n) is 9.12. The minimum Gasteiger partial charge on any atom is -0.447 e. The van der Waals surface area contributed by atoms with E-state index in [0.717, 1.165) is 25.1 Å². The van der Waals surface area contributed by atoms with Crippen molar-refractivity contribution in [3.05, 3.63) is 11.3 Å². The van der Waals surface area contributed by atoms with Crippen molar-refractivity contribution in [3.63, 3.8) is 0 Å². The normalized spacial score (nSPS) is 29.2. The van der Waals surface area contributed by atoms with Gasteiger partial charge in [0.25, 0.3) is 0 Å². The first-order chi connectivity index (χ1) is 11.4. The molecule has 2 aliphatic rings. The third-order valence-electron chi connectivity index (χ3n) is 5.50. The molecule has 24 heavy (non-hydrogen) atoms. The second-order valence-corrected chi connectivity index (χ2v) is 7.19. The van der Waals surface area contributed by atoms with Gasteiger partial charge in [0, 0.05) is 31.1 Å². The van der Waals surface area contributed by atoms with E-state index in [4.69, 9.17) is 10.1 Å². The van der Waals surface area contributed by atoms with Crippen LogP contribution < -0.4 is 5.32 Å². The minimum atomic E-state index is -0.115. The van der Waals surface area contributed by atoms with Crippen LogP contribution in [0.5, 0.6) is 0 Å². The highest BCUT2D eigenvalue weighted by molar-refractivity contribution is 5.90. The van der Waals surface area contributed by atoms with E-state index >= 15 is 0 Å². The van der Waals surface area contributed by atoms with Crippen LogP contribution in [0.4, 0.5) is 0 Å². The maximum atomic E-state index is 12.4. The van der Waals surface area contributed by atoms with Gasteiger partial charge in [-0.15, -0.1) is 0 Å². The van der Waals surface area contributed by atoms with Gasteiger partial charge in [0.1, 0.15) is 17.3 Å². The van der Waals surface area contributed by atoms with Crippen LogP contribution in [-0.4, -0.2) is 30.6 Å². The van der Waals surface area contributed by atoms with E-state index in [1.165, 1.54) is 5.57 Å². The molecule has 0 aromatic rings. The number of carbonyl (C=O) groups excluding carboxylic acids is 2. The average molecular weight is 334 g/mol. The van der Waals surface area contributed by atoms with Crippen molar-refractivity contribution in [1.82, 2.24) is 5.32 Å². The Morgan fingerprint density at radius 3 is 2.71 bits per heavy atom. The number of nitrogens with one attached hydrogen (secondary N) is 2. The number of hydrogen-bond donors (Lipinski definition) is 2. The van der Waals surface area contributed by atoms with Crippen molar-refractivity contribution in [1.29, 1.82) is 5.41 Å².